The molecular weight excluding hydrogens is 336 g/mol. The normalized spacial score (nSPS) is 26.3. The Morgan fingerprint density at radius 3 is 2.67 bits per heavy atom. The molecular formula is C23H34N2O2. The molecule has 4 nitrogen and oxygen atoms in total. The van der Waals surface area contributed by atoms with Gasteiger partial charge in [0.25, 0.3) is 0 Å². The van der Waals surface area contributed by atoms with Crippen molar-refractivity contribution in [1.29, 1.82) is 0 Å². The first-order valence-corrected chi connectivity index (χ1v) is 10.8. The molecule has 27 heavy (non-hydrogen) atoms. The van der Waals surface area contributed by atoms with Crippen LogP contribution in [0.15, 0.2) is 24.3 Å². The number of hydrogen-bond acceptors (Lipinski definition) is 3. The smallest absolute Gasteiger partial charge is 0.229 e. The van der Waals surface area contributed by atoms with Gasteiger partial charge < -0.3 is 14.5 Å². The summed E-state index contributed by atoms with van der Waals surface area (Å²) in [7, 11) is 2.22. The summed E-state index contributed by atoms with van der Waals surface area (Å²) in [5.41, 5.74) is 2.52. The van der Waals surface area contributed by atoms with Gasteiger partial charge in [-0.05, 0) is 75.6 Å². The lowest BCUT2D eigenvalue weighted by atomic mass is 9.73. The molecule has 0 spiro atoms. The molecule has 0 radical (unpaired) electrons. The van der Waals surface area contributed by atoms with E-state index in [1.165, 1.54) is 30.5 Å². The molecule has 1 aromatic carbocycles. The van der Waals surface area contributed by atoms with Crippen molar-refractivity contribution in [3.8, 4) is 0 Å². The SMILES string of the molecule is CN1CCC[C@@H](c2cccc(CC3(C(=O)N4CCCC4)CCOCC3)c2)C1. The number of carbonyl (C=O) groups excluding carboxylic acids is 1. The molecule has 4 heteroatoms. The van der Waals surface area contributed by atoms with Crippen LogP contribution in [-0.4, -0.2) is 62.1 Å². The number of piperidine rings is 1. The number of hydrogen-bond donors (Lipinski definition) is 0. The number of nitrogens with zero attached hydrogens (tertiary/aromatic N) is 2. The molecule has 148 valence electrons. The van der Waals surface area contributed by atoms with E-state index < -0.39 is 0 Å². The zero-order chi connectivity index (χ0) is 18.7. The highest BCUT2D eigenvalue weighted by Crippen LogP contribution is 2.38. The van der Waals surface area contributed by atoms with Gasteiger partial charge in [0, 0.05) is 32.8 Å². The molecule has 3 fully saturated rings. The maximum atomic E-state index is 13.4. The molecule has 0 N–H and O–H groups in total. The molecule has 3 aliphatic rings. The van der Waals surface area contributed by atoms with Crippen LogP contribution >= 0.6 is 0 Å². The Kier molecular flexibility index (Phi) is 5.84. The van der Waals surface area contributed by atoms with Gasteiger partial charge in [-0.25, -0.2) is 0 Å². The van der Waals surface area contributed by atoms with Gasteiger partial charge >= 0.3 is 0 Å². The molecule has 0 bridgehead atoms. The third kappa shape index (κ3) is 4.22. The molecule has 3 heterocycles. The first-order chi connectivity index (χ1) is 13.2. The fraction of sp³-hybridized carbons (Fsp3) is 0.696. The van der Waals surface area contributed by atoms with Crippen LogP contribution < -0.4 is 0 Å². The van der Waals surface area contributed by atoms with Gasteiger partial charge in [0.1, 0.15) is 0 Å². The highest BCUT2D eigenvalue weighted by Gasteiger charge is 2.43. The molecule has 0 aliphatic carbocycles. The van der Waals surface area contributed by atoms with E-state index in [2.05, 4.69) is 41.1 Å². The molecule has 3 aliphatic heterocycles. The van der Waals surface area contributed by atoms with Gasteiger partial charge in [0.05, 0.1) is 5.41 Å². The molecule has 0 unspecified atom stereocenters. The molecule has 1 atom stereocenters. The Bertz CT molecular complexity index is 648. The van der Waals surface area contributed by atoms with E-state index in [9.17, 15) is 4.79 Å². The predicted octanol–water partition coefficient (Wildman–Crippen LogP) is 3.46. The van der Waals surface area contributed by atoms with E-state index in [0.29, 0.717) is 25.0 Å². The van der Waals surface area contributed by atoms with Gasteiger partial charge in [-0.15, -0.1) is 0 Å². The number of rotatable bonds is 4. The average molecular weight is 371 g/mol. The third-order valence-corrected chi connectivity index (χ3v) is 6.89. The van der Waals surface area contributed by atoms with Crippen LogP contribution in [0.3, 0.4) is 0 Å². The summed E-state index contributed by atoms with van der Waals surface area (Å²) in [6.07, 6.45) is 7.45. The van der Waals surface area contributed by atoms with Crippen LogP contribution in [0, 0.1) is 5.41 Å². The Balaban J connectivity index is 1.54. The van der Waals surface area contributed by atoms with Gasteiger partial charge in [-0.1, -0.05) is 24.3 Å². The maximum absolute atomic E-state index is 13.4. The second-order valence-corrected chi connectivity index (χ2v) is 8.92. The quantitative estimate of drug-likeness (QED) is 0.814. The second-order valence-electron chi connectivity index (χ2n) is 8.92. The number of amides is 1. The van der Waals surface area contributed by atoms with Crippen molar-refractivity contribution < 1.29 is 9.53 Å². The van der Waals surface area contributed by atoms with E-state index in [-0.39, 0.29) is 5.41 Å². The largest absolute Gasteiger partial charge is 0.381 e. The monoisotopic (exact) mass is 370 g/mol. The van der Waals surface area contributed by atoms with Crippen molar-refractivity contribution in [2.45, 2.75) is 50.9 Å². The van der Waals surface area contributed by atoms with Crippen LogP contribution in [0.25, 0.3) is 0 Å². The van der Waals surface area contributed by atoms with Crippen molar-refractivity contribution in [2.24, 2.45) is 5.41 Å². The number of likely N-dealkylation sites (tertiary alicyclic amines) is 2. The van der Waals surface area contributed by atoms with Crippen LogP contribution in [0.2, 0.25) is 0 Å². The zero-order valence-corrected chi connectivity index (χ0v) is 16.8. The molecule has 0 aromatic heterocycles. The van der Waals surface area contributed by atoms with Crippen molar-refractivity contribution in [3.05, 3.63) is 35.4 Å². The lowest BCUT2D eigenvalue weighted by Gasteiger charge is -2.39. The summed E-state index contributed by atoms with van der Waals surface area (Å²) in [6.45, 7) is 5.67. The summed E-state index contributed by atoms with van der Waals surface area (Å²) in [4.78, 5) is 18.0. The fourth-order valence-electron chi connectivity index (χ4n) is 5.27. The van der Waals surface area contributed by atoms with Crippen LogP contribution in [-0.2, 0) is 16.0 Å². The van der Waals surface area contributed by atoms with Crippen molar-refractivity contribution in [3.63, 3.8) is 0 Å². The lowest BCUT2D eigenvalue weighted by molar-refractivity contribution is -0.146. The Hall–Kier alpha value is -1.39. The minimum atomic E-state index is -0.259. The first kappa shape index (κ1) is 18.9. The number of benzene rings is 1. The standard InChI is InChI=1S/C23H34N2O2/c1-24-11-5-8-21(18-24)20-7-4-6-19(16-20)17-23(9-14-27-15-10-23)22(26)25-12-2-3-13-25/h4,6-7,16,21H,2-3,5,8-15,17-18H2,1H3/t21-/m1/s1. The van der Waals surface area contributed by atoms with Crippen molar-refractivity contribution in [2.75, 3.05) is 46.4 Å². The van der Waals surface area contributed by atoms with Crippen molar-refractivity contribution >= 4 is 5.91 Å². The van der Waals surface area contributed by atoms with E-state index in [4.69, 9.17) is 4.74 Å². The lowest BCUT2D eigenvalue weighted by Crippen LogP contribution is -2.47. The highest BCUT2D eigenvalue weighted by atomic mass is 16.5. The first-order valence-electron chi connectivity index (χ1n) is 10.8. The van der Waals surface area contributed by atoms with Gasteiger partial charge in [-0.3, -0.25) is 4.79 Å². The second kappa shape index (κ2) is 8.32. The zero-order valence-electron chi connectivity index (χ0n) is 16.8. The highest BCUT2D eigenvalue weighted by molar-refractivity contribution is 5.83. The molecule has 0 saturated carbocycles. The van der Waals surface area contributed by atoms with Crippen LogP contribution in [0.5, 0.6) is 0 Å². The fourth-order valence-corrected chi connectivity index (χ4v) is 5.27. The summed E-state index contributed by atoms with van der Waals surface area (Å²) in [5, 5.41) is 0. The van der Waals surface area contributed by atoms with Crippen LogP contribution in [0.4, 0.5) is 0 Å². The third-order valence-electron chi connectivity index (χ3n) is 6.89. The molecule has 1 amide bonds. The van der Waals surface area contributed by atoms with E-state index in [1.807, 2.05) is 0 Å². The van der Waals surface area contributed by atoms with E-state index in [1.54, 1.807) is 0 Å². The van der Waals surface area contributed by atoms with Gasteiger partial charge in [0.15, 0.2) is 0 Å². The van der Waals surface area contributed by atoms with Crippen molar-refractivity contribution in [1.82, 2.24) is 9.80 Å². The molecule has 4 rings (SSSR count). The maximum Gasteiger partial charge on any atom is 0.229 e. The van der Waals surface area contributed by atoms with Gasteiger partial charge in [-0.2, -0.15) is 0 Å². The number of ether oxygens (including phenoxy) is 1. The molecule has 3 saturated heterocycles. The summed E-state index contributed by atoms with van der Waals surface area (Å²) < 4.78 is 5.63. The summed E-state index contributed by atoms with van der Waals surface area (Å²) in [6, 6.07) is 9.10. The Morgan fingerprint density at radius 2 is 1.93 bits per heavy atom. The molecule has 1 aromatic rings. The Morgan fingerprint density at radius 1 is 1.15 bits per heavy atom. The van der Waals surface area contributed by atoms with E-state index in [0.717, 1.165) is 51.7 Å². The summed E-state index contributed by atoms with van der Waals surface area (Å²) in [5.74, 6) is 1.01. The minimum Gasteiger partial charge on any atom is -0.381 e. The topological polar surface area (TPSA) is 32.8 Å². The average Bonchev–Trinajstić information content (AvgIpc) is 3.23. The number of carbonyl (C=O) groups is 1. The van der Waals surface area contributed by atoms with Crippen LogP contribution in [0.1, 0.15) is 55.6 Å². The number of likely N-dealkylation sites (N-methyl/N-ethyl adjacent to an activating group) is 1. The summed E-state index contributed by atoms with van der Waals surface area (Å²) >= 11 is 0. The minimum absolute atomic E-state index is 0.259. The van der Waals surface area contributed by atoms with E-state index >= 15 is 0 Å². The Labute approximate surface area is 163 Å². The predicted molar refractivity (Wildman–Crippen MR) is 108 cm³/mol. The van der Waals surface area contributed by atoms with Gasteiger partial charge in [0.2, 0.25) is 5.91 Å².